The molecule has 0 saturated carbocycles. The van der Waals surface area contributed by atoms with Gasteiger partial charge in [0.1, 0.15) is 0 Å². The Morgan fingerprint density at radius 1 is 1.30 bits per heavy atom. The maximum Gasteiger partial charge on any atom is 0.270 e. The van der Waals surface area contributed by atoms with Gasteiger partial charge in [0.25, 0.3) is 5.69 Å². The van der Waals surface area contributed by atoms with Crippen molar-refractivity contribution in [3.05, 3.63) is 73.2 Å². The molecule has 8 heteroatoms. The lowest BCUT2D eigenvalue weighted by Crippen LogP contribution is -2.19. The molecular formula is C15H11BrClN3O3. The van der Waals surface area contributed by atoms with E-state index in [0.29, 0.717) is 10.6 Å². The topological polar surface area (TPSA) is 84.6 Å². The van der Waals surface area contributed by atoms with Crippen LogP contribution in [0.5, 0.6) is 0 Å². The van der Waals surface area contributed by atoms with Gasteiger partial charge >= 0.3 is 0 Å². The number of nitro benzene ring substituents is 1. The highest BCUT2D eigenvalue weighted by Crippen LogP contribution is 2.20. The van der Waals surface area contributed by atoms with Crippen LogP contribution in [-0.4, -0.2) is 17.0 Å². The van der Waals surface area contributed by atoms with E-state index in [0.717, 1.165) is 10.0 Å². The number of nitro groups is 1. The SMILES string of the molecule is O=C(Cc1ccc(Br)cc1)N/N=C\c1cc([N+](=O)[O-])ccc1Cl. The molecule has 1 N–H and O–H groups in total. The summed E-state index contributed by atoms with van der Waals surface area (Å²) in [6, 6.07) is 11.3. The average Bonchev–Trinajstić information content (AvgIpc) is 2.51. The fourth-order valence-electron chi connectivity index (χ4n) is 1.74. The van der Waals surface area contributed by atoms with E-state index in [1.54, 1.807) is 0 Å². The van der Waals surface area contributed by atoms with Crippen molar-refractivity contribution in [2.24, 2.45) is 5.10 Å². The quantitative estimate of drug-likeness (QED) is 0.475. The lowest BCUT2D eigenvalue weighted by Gasteiger charge is -2.01. The lowest BCUT2D eigenvalue weighted by molar-refractivity contribution is -0.384. The van der Waals surface area contributed by atoms with Gasteiger partial charge in [-0.05, 0) is 23.8 Å². The summed E-state index contributed by atoms with van der Waals surface area (Å²) in [5.74, 6) is -0.301. The molecule has 0 atom stereocenters. The number of carbonyl (C=O) groups is 1. The maximum atomic E-state index is 11.8. The van der Waals surface area contributed by atoms with E-state index in [-0.39, 0.29) is 18.0 Å². The molecule has 1 amide bonds. The van der Waals surface area contributed by atoms with Crippen LogP contribution in [0.25, 0.3) is 0 Å². The van der Waals surface area contributed by atoms with Crippen molar-refractivity contribution in [2.45, 2.75) is 6.42 Å². The highest BCUT2D eigenvalue weighted by Gasteiger charge is 2.08. The van der Waals surface area contributed by atoms with Crippen LogP contribution >= 0.6 is 27.5 Å². The monoisotopic (exact) mass is 395 g/mol. The van der Waals surface area contributed by atoms with Crippen LogP contribution in [0, 0.1) is 10.1 Å². The van der Waals surface area contributed by atoms with Crippen LogP contribution in [0.3, 0.4) is 0 Å². The Bertz CT molecular complexity index is 763. The number of benzene rings is 2. The van der Waals surface area contributed by atoms with Crippen molar-refractivity contribution in [1.82, 2.24) is 5.43 Å². The molecule has 0 aliphatic heterocycles. The molecule has 0 aliphatic rings. The molecule has 0 aliphatic carbocycles. The maximum absolute atomic E-state index is 11.8. The number of halogens is 2. The summed E-state index contributed by atoms with van der Waals surface area (Å²) in [6.45, 7) is 0. The Morgan fingerprint density at radius 3 is 2.65 bits per heavy atom. The van der Waals surface area contributed by atoms with Crippen molar-refractivity contribution in [1.29, 1.82) is 0 Å². The Kier molecular flexibility index (Phi) is 5.84. The van der Waals surface area contributed by atoms with Crippen molar-refractivity contribution in [3.8, 4) is 0 Å². The molecule has 0 aromatic heterocycles. The third-order valence-electron chi connectivity index (χ3n) is 2.86. The van der Waals surface area contributed by atoms with E-state index in [2.05, 4.69) is 26.5 Å². The molecule has 118 valence electrons. The van der Waals surface area contributed by atoms with E-state index < -0.39 is 4.92 Å². The van der Waals surface area contributed by atoms with Gasteiger partial charge in [-0.2, -0.15) is 5.10 Å². The summed E-state index contributed by atoms with van der Waals surface area (Å²) < 4.78 is 0.931. The first-order valence-electron chi connectivity index (χ1n) is 6.46. The molecule has 0 heterocycles. The normalized spacial score (nSPS) is 10.7. The second-order valence-corrected chi connectivity index (χ2v) is 5.88. The van der Waals surface area contributed by atoms with E-state index in [1.165, 1.54) is 24.4 Å². The number of amides is 1. The van der Waals surface area contributed by atoms with Gasteiger partial charge in [0.2, 0.25) is 5.91 Å². The second kappa shape index (κ2) is 7.85. The van der Waals surface area contributed by atoms with Crippen LogP contribution in [0.1, 0.15) is 11.1 Å². The summed E-state index contributed by atoms with van der Waals surface area (Å²) in [7, 11) is 0. The zero-order valence-electron chi connectivity index (χ0n) is 11.7. The van der Waals surface area contributed by atoms with Gasteiger partial charge in [-0.3, -0.25) is 14.9 Å². The first-order chi connectivity index (χ1) is 11.0. The lowest BCUT2D eigenvalue weighted by atomic mass is 10.1. The van der Waals surface area contributed by atoms with Crippen LogP contribution in [0.4, 0.5) is 5.69 Å². The predicted molar refractivity (Wildman–Crippen MR) is 91.7 cm³/mol. The number of nitrogens with one attached hydrogen (secondary N) is 1. The van der Waals surface area contributed by atoms with E-state index >= 15 is 0 Å². The molecular weight excluding hydrogens is 386 g/mol. The number of carbonyl (C=O) groups excluding carboxylic acids is 1. The minimum Gasteiger partial charge on any atom is -0.273 e. The number of nitrogens with zero attached hydrogens (tertiary/aromatic N) is 2. The Hall–Kier alpha value is -2.25. The van der Waals surface area contributed by atoms with Crippen molar-refractivity contribution in [2.75, 3.05) is 0 Å². The fraction of sp³-hybridized carbons (Fsp3) is 0.0667. The highest BCUT2D eigenvalue weighted by molar-refractivity contribution is 9.10. The molecule has 0 saturated heterocycles. The van der Waals surface area contributed by atoms with Gasteiger partial charge < -0.3 is 0 Å². The van der Waals surface area contributed by atoms with Crippen molar-refractivity contribution in [3.63, 3.8) is 0 Å². The molecule has 0 fully saturated rings. The average molecular weight is 397 g/mol. The molecule has 2 aromatic rings. The third kappa shape index (κ3) is 5.15. The zero-order valence-corrected chi connectivity index (χ0v) is 14.0. The molecule has 0 spiro atoms. The van der Waals surface area contributed by atoms with E-state index in [9.17, 15) is 14.9 Å². The molecule has 2 aromatic carbocycles. The summed E-state index contributed by atoms with van der Waals surface area (Å²) in [6.07, 6.45) is 1.45. The number of rotatable bonds is 5. The Morgan fingerprint density at radius 2 is 2.00 bits per heavy atom. The molecule has 6 nitrogen and oxygen atoms in total. The highest BCUT2D eigenvalue weighted by atomic mass is 79.9. The number of hydrogen-bond donors (Lipinski definition) is 1. The number of non-ortho nitro benzene ring substituents is 1. The second-order valence-electron chi connectivity index (χ2n) is 4.56. The first-order valence-corrected chi connectivity index (χ1v) is 7.63. The minimum absolute atomic E-state index is 0.1000. The third-order valence-corrected chi connectivity index (χ3v) is 3.73. The van der Waals surface area contributed by atoms with Crippen molar-refractivity contribution < 1.29 is 9.72 Å². The van der Waals surface area contributed by atoms with Crippen LogP contribution in [0.2, 0.25) is 5.02 Å². The predicted octanol–water partition coefficient (Wildman–Crippen LogP) is 3.70. The van der Waals surface area contributed by atoms with Crippen molar-refractivity contribution >= 4 is 45.3 Å². The molecule has 2 rings (SSSR count). The molecule has 23 heavy (non-hydrogen) atoms. The summed E-state index contributed by atoms with van der Waals surface area (Å²) >= 11 is 9.25. The number of hydrazone groups is 1. The molecule has 0 bridgehead atoms. The first kappa shape index (κ1) is 17.1. The molecule has 0 unspecified atom stereocenters. The Labute approximate surface area is 145 Å². The number of hydrogen-bond acceptors (Lipinski definition) is 4. The van der Waals surface area contributed by atoms with Gasteiger partial charge in [0.05, 0.1) is 17.6 Å². The van der Waals surface area contributed by atoms with Gasteiger partial charge in [-0.25, -0.2) is 5.43 Å². The smallest absolute Gasteiger partial charge is 0.270 e. The fourth-order valence-corrected chi connectivity index (χ4v) is 2.18. The molecule has 0 radical (unpaired) electrons. The van der Waals surface area contributed by atoms with Gasteiger partial charge in [-0.15, -0.1) is 0 Å². The summed E-state index contributed by atoms with van der Waals surface area (Å²) in [4.78, 5) is 22.0. The summed E-state index contributed by atoms with van der Waals surface area (Å²) in [5.41, 5.74) is 3.45. The van der Waals surface area contributed by atoms with Gasteiger partial charge in [0, 0.05) is 27.2 Å². The van der Waals surface area contributed by atoms with E-state index in [1.807, 2.05) is 24.3 Å². The summed E-state index contributed by atoms with van der Waals surface area (Å²) in [5, 5.41) is 14.8. The van der Waals surface area contributed by atoms with Gasteiger partial charge in [0.15, 0.2) is 0 Å². The van der Waals surface area contributed by atoms with Crippen LogP contribution in [-0.2, 0) is 11.2 Å². The zero-order chi connectivity index (χ0) is 16.8. The van der Waals surface area contributed by atoms with E-state index in [4.69, 9.17) is 11.6 Å². The van der Waals surface area contributed by atoms with Crippen LogP contribution < -0.4 is 5.43 Å². The standard InChI is InChI=1S/C15H11BrClN3O3/c16-12-3-1-10(2-4-12)7-15(21)19-18-9-11-8-13(20(22)23)5-6-14(11)17/h1-6,8-9H,7H2,(H,19,21)/b18-9-. The Balaban J connectivity index is 1.98. The minimum atomic E-state index is -0.528. The van der Waals surface area contributed by atoms with Gasteiger partial charge in [-0.1, -0.05) is 39.7 Å². The van der Waals surface area contributed by atoms with Crippen LogP contribution in [0.15, 0.2) is 52.0 Å². The largest absolute Gasteiger partial charge is 0.273 e.